The SMILES string of the molecule is COc1cccc(-c2coc3cc(OC)c(/C(C)=C/C(=O)N4CCN(C(C)=O)CC4)cc23)c1. The summed E-state index contributed by atoms with van der Waals surface area (Å²) < 4.78 is 16.8. The van der Waals surface area contributed by atoms with Crippen LogP contribution < -0.4 is 9.47 Å². The zero-order chi connectivity index (χ0) is 23.5. The molecule has 0 spiro atoms. The fourth-order valence-electron chi connectivity index (χ4n) is 4.14. The Labute approximate surface area is 193 Å². The van der Waals surface area contributed by atoms with Crippen molar-refractivity contribution in [1.29, 1.82) is 0 Å². The van der Waals surface area contributed by atoms with Gasteiger partial charge >= 0.3 is 0 Å². The number of nitrogens with zero attached hydrogens (tertiary/aromatic N) is 2. The first-order valence-electron chi connectivity index (χ1n) is 10.9. The largest absolute Gasteiger partial charge is 0.497 e. The molecule has 1 aromatic heterocycles. The van der Waals surface area contributed by atoms with Gasteiger partial charge in [0.25, 0.3) is 0 Å². The van der Waals surface area contributed by atoms with E-state index in [2.05, 4.69) is 0 Å². The smallest absolute Gasteiger partial charge is 0.246 e. The lowest BCUT2D eigenvalue weighted by atomic mass is 9.99. The molecule has 2 amide bonds. The third-order valence-electron chi connectivity index (χ3n) is 6.08. The standard InChI is InChI=1S/C26H28N2O5/c1-17(12-26(30)28-10-8-27(9-11-28)18(2)29)21-14-22-23(16-33-25(22)15-24(21)32-4)19-6-5-7-20(13-19)31-3/h5-7,12-16H,8-11H2,1-4H3/b17-12+. The molecule has 1 saturated heterocycles. The van der Waals surface area contributed by atoms with Gasteiger partial charge in [-0.3, -0.25) is 9.59 Å². The van der Waals surface area contributed by atoms with Gasteiger partial charge in [-0.2, -0.15) is 0 Å². The Hall–Kier alpha value is -3.74. The Morgan fingerprint density at radius 1 is 0.970 bits per heavy atom. The van der Waals surface area contributed by atoms with Gasteiger partial charge in [0.1, 0.15) is 17.1 Å². The van der Waals surface area contributed by atoms with Gasteiger partial charge in [-0.15, -0.1) is 0 Å². The molecule has 1 aliphatic heterocycles. The highest BCUT2D eigenvalue weighted by Gasteiger charge is 2.22. The summed E-state index contributed by atoms with van der Waals surface area (Å²) in [6.45, 7) is 5.63. The van der Waals surface area contributed by atoms with E-state index >= 15 is 0 Å². The van der Waals surface area contributed by atoms with Gasteiger partial charge in [0.15, 0.2) is 0 Å². The van der Waals surface area contributed by atoms with Crippen LogP contribution in [0.25, 0.3) is 27.7 Å². The molecule has 172 valence electrons. The van der Waals surface area contributed by atoms with Crippen molar-refractivity contribution in [3.05, 3.63) is 54.3 Å². The topological polar surface area (TPSA) is 72.2 Å². The average molecular weight is 449 g/mol. The summed E-state index contributed by atoms with van der Waals surface area (Å²) >= 11 is 0. The van der Waals surface area contributed by atoms with E-state index in [0.717, 1.165) is 33.4 Å². The molecule has 0 unspecified atom stereocenters. The number of fused-ring (bicyclic) bond motifs is 1. The summed E-state index contributed by atoms with van der Waals surface area (Å²) in [5, 5.41) is 0.925. The number of methoxy groups -OCH3 is 2. The van der Waals surface area contributed by atoms with Crippen molar-refractivity contribution in [2.75, 3.05) is 40.4 Å². The van der Waals surface area contributed by atoms with Crippen LogP contribution in [0, 0.1) is 0 Å². The Morgan fingerprint density at radius 2 is 1.70 bits per heavy atom. The molecule has 7 heteroatoms. The minimum atomic E-state index is -0.0712. The summed E-state index contributed by atoms with van der Waals surface area (Å²) in [6.07, 6.45) is 3.36. The lowest BCUT2D eigenvalue weighted by molar-refractivity contribution is -0.135. The van der Waals surface area contributed by atoms with Crippen LogP contribution in [-0.2, 0) is 9.59 Å². The number of carbonyl (C=O) groups is 2. The maximum absolute atomic E-state index is 12.9. The van der Waals surface area contributed by atoms with Crippen molar-refractivity contribution in [3.8, 4) is 22.6 Å². The van der Waals surface area contributed by atoms with Gasteiger partial charge in [-0.25, -0.2) is 0 Å². The van der Waals surface area contributed by atoms with Crippen molar-refractivity contribution in [2.45, 2.75) is 13.8 Å². The van der Waals surface area contributed by atoms with Crippen LogP contribution in [0.4, 0.5) is 0 Å². The van der Waals surface area contributed by atoms with Gasteiger partial charge in [0.05, 0.1) is 20.5 Å². The molecular formula is C26H28N2O5. The van der Waals surface area contributed by atoms with Gasteiger partial charge in [-0.1, -0.05) is 12.1 Å². The van der Waals surface area contributed by atoms with Crippen LogP contribution in [0.3, 0.4) is 0 Å². The second kappa shape index (κ2) is 9.40. The molecule has 3 aromatic rings. The third kappa shape index (κ3) is 4.58. The molecule has 0 radical (unpaired) electrons. The molecule has 2 heterocycles. The monoisotopic (exact) mass is 448 g/mol. The molecule has 33 heavy (non-hydrogen) atoms. The maximum atomic E-state index is 12.9. The van der Waals surface area contributed by atoms with Gasteiger partial charge in [-0.05, 0) is 36.3 Å². The molecule has 0 N–H and O–H groups in total. The number of hydrogen-bond donors (Lipinski definition) is 0. The predicted octanol–water partition coefficient (Wildman–Crippen LogP) is 4.21. The first-order valence-corrected chi connectivity index (χ1v) is 10.9. The van der Waals surface area contributed by atoms with E-state index in [0.29, 0.717) is 37.5 Å². The van der Waals surface area contributed by atoms with Crippen LogP contribution in [-0.4, -0.2) is 62.0 Å². The Kier molecular flexibility index (Phi) is 6.40. The van der Waals surface area contributed by atoms with Crippen molar-refractivity contribution < 1.29 is 23.5 Å². The second-order valence-corrected chi connectivity index (χ2v) is 8.09. The Balaban J connectivity index is 1.66. The normalized spacial score (nSPS) is 14.5. The van der Waals surface area contributed by atoms with Crippen LogP contribution in [0.15, 0.2) is 53.2 Å². The average Bonchev–Trinajstić information content (AvgIpc) is 3.26. The highest BCUT2D eigenvalue weighted by Crippen LogP contribution is 2.38. The lowest BCUT2D eigenvalue weighted by Gasteiger charge is -2.33. The van der Waals surface area contributed by atoms with Crippen molar-refractivity contribution in [3.63, 3.8) is 0 Å². The minimum Gasteiger partial charge on any atom is -0.497 e. The number of furan rings is 1. The van der Waals surface area contributed by atoms with E-state index < -0.39 is 0 Å². The van der Waals surface area contributed by atoms with Crippen LogP contribution in [0.1, 0.15) is 19.4 Å². The molecule has 4 rings (SSSR count). The highest BCUT2D eigenvalue weighted by atomic mass is 16.5. The fraction of sp³-hybridized carbons (Fsp3) is 0.308. The molecule has 1 fully saturated rings. The molecule has 2 aromatic carbocycles. The van der Waals surface area contributed by atoms with Crippen molar-refractivity contribution >= 4 is 28.4 Å². The number of ether oxygens (including phenoxy) is 2. The quantitative estimate of drug-likeness (QED) is 0.547. The van der Waals surface area contributed by atoms with E-state index in [1.165, 1.54) is 0 Å². The van der Waals surface area contributed by atoms with E-state index in [-0.39, 0.29) is 11.8 Å². The van der Waals surface area contributed by atoms with Crippen LogP contribution in [0.5, 0.6) is 11.5 Å². The zero-order valence-electron chi connectivity index (χ0n) is 19.4. The second-order valence-electron chi connectivity index (χ2n) is 8.09. The number of carbonyl (C=O) groups excluding carboxylic acids is 2. The Bertz CT molecular complexity index is 1220. The number of hydrogen-bond acceptors (Lipinski definition) is 5. The van der Waals surface area contributed by atoms with Gasteiger partial charge in [0.2, 0.25) is 11.8 Å². The highest BCUT2D eigenvalue weighted by molar-refractivity contribution is 6.00. The van der Waals surface area contributed by atoms with Crippen LogP contribution >= 0.6 is 0 Å². The summed E-state index contributed by atoms with van der Waals surface area (Å²) in [7, 11) is 3.24. The zero-order valence-corrected chi connectivity index (χ0v) is 19.4. The van der Waals surface area contributed by atoms with E-state index in [1.54, 1.807) is 43.3 Å². The summed E-state index contributed by atoms with van der Waals surface area (Å²) in [6, 6.07) is 11.6. The summed E-state index contributed by atoms with van der Waals surface area (Å²) in [5.74, 6) is 1.37. The third-order valence-corrected chi connectivity index (χ3v) is 6.08. The summed E-state index contributed by atoms with van der Waals surface area (Å²) in [5.41, 5.74) is 4.24. The Morgan fingerprint density at radius 3 is 2.36 bits per heavy atom. The number of rotatable bonds is 5. The van der Waals surface area contributed by atoms with E-state index in [4.69, 9.17) is 13.9 Å². The summed E-state index contributed by atoms with van der Waals surface area (Å²) in [4.78, 5) is 28.0. The van der Waals surface area contributed by atoms with Gasteiger partial charge < -0.3 is 23.7 Å². The molecule has 0 aliphatic carbocycles. The molecule has 0 bridgehead atoms. The van der Waals surface area contributed by atoms with Crippen LogP contribution in [0.2, 0.25) is 0 Å². The molecular weight excluding hydrogens is 420 g/mol. The van der Waals surface area contributed by atoms with Gasteiger partial charge in [0, 0.05) is 61.8 Å². The number of amides is 2. The number of benzene rings is 2. The molecule has 0 saturated carbocycles. The lowest BCUT2D eigenvalue weighted by Crippen LogP contribution is -2.49. The first-order chi connectivity index (χ1) is 15.9. The van der Waals surface area contributed by atoms with Crippen molar-refractivity contribution in [2.24, 2.45) is 0 Å². The first kappa shape index (κ1) is 22.5. The minimum absolute atomic E-state index is 0.0406. The van der Waals surface area contributed by atoms with E-state index in [9.17, 15) is 9.59 Å². The molecule has 7 nitrogen and oxygen atoms in total. The van der Waals surface area contributed by atoms with Crippen molar-refractivity contribution in [1.82, 2.24) is 9.80 Å². The maximum Gasteiger partial charge on any atom is 0.246 e. The molecule has 1 aliphatic rings. The number of allylic oxidation sites excluding steroid dienone is 1. The predicted molar refractivity (Wildman–Crippen MR) is 127 cm³/mol. The van der Waals surface area contributed by atoms with E-state index in [1.807, 2.05) is 43.3 Å². The number of piperazine rings is 1. The molecule has 0 atom stereocenters. The fourth-order valence-corrected chi connectivity index (χ4v) is 4.14.